The number of rotatable bonds is 5. The minimum absolute atomic E-state index is 0.0231. The second kappa shape index (κ2) is 6.02. The number of nitrogens with one attached hydrogen (secondary N) is 1. The molecule has 0 fully saturated rings. The van der Waals surface area contributed by atoms with Crippen LogP contribution < -0.4 is 5.32 Å². The molecule has 1 aromatic heterocycles. The van der Waals surface area contributed by atoms with Crippen LogP contribution in [0.15, 0.2) is 0 Å². The summed E-state index contributed by atoms with van der Waals surface area (Å²) < 4.78 is 38.5. The van der Waals surface area contributed by atoms with E-state index in [1.54, 1.807) is 0 Å². The van der Waals surface area contributed by atoms with Gasteiger partial charge in [-0.05, 0) is 12.5 Å². The third kappa shape index (κ3) is 4.24. The SMILES string of the molecule is CC(C)CNCc1sc(C(C)C)nc1C(F)(F)F. The Kier molecular flexibility index (Phi) is 5.16. The second-order valence-electron chi connectivity index (χ2n) is 5.00. The molecule has 0 spiro atoms. The highest BCUT2D eigenvalue weighted by Crippen LogP contribution is 2.36. The van der Waals surface area contributed by atoms with Crippen molar-refractivity contribution >= 4 is 11.3 Å². The Morgan fingerprint density at radius 3 is 2.28 bits per heavy atom. The Labute approximate surface area is 110 Å². The minimum Gasteiger partial charge on any atom is -0.312 e. The average molecular weight is 280 g/mol. The van der Waals surface area contributed by atoms with Gasteiger partial charge in [-0.15, -0.1) is 11.3 Å². The van der Waals surface area contributed by atoms with Gasteiger partial charge in [0.1, 0.15) is 0 Å². The zero-order valence-electron chi connectivity index (χ0n) is 11.1. The van der Waals surface area contributed by atoms with Crippen molar-refractivity contribution in [1.29, 1.82) is 0 Å². The molecular weight excluding hydrogens is 261 g/mol. The molecule has 0 aromatic carbocycles. The van der Waals surface area contributed by atoms with Crippen LogP contribution in [0.3, 0.4) is 0 Å². The van der Waals surface area contributed by atoms with Crippen molar-refractivity contribution in [1.82, 2.24) is 10.3 Å². The molecule has 104 valence electrons. The fourth-order valence-electron chi connectivity index (χ4n) is 1.43. The van der Waals surface area contributed by atoms with Crippen molar-refractivity contribution in [2.45, 2.75) is 46.3 Å². The molecule has 0 bridgehead atoms. The first kappa shape index (κ1) is 15.4. The van der Waals surface area contributed by atoms with E-state index in [0.29, 0.717) is 17.5 Å². The van der Waals surface area contributed by atoms with Gasteiger partial charge in [0.2, 0.25) is 0 Å². The predicted molar refractivity (Wildman–Crippen MR) is 67.7 cm³/mol. The standard InChI is InChI=1S/C12H19F3N2S/c1-7(2)5-16-6-9-10(12(13,14)15)17-11(18-9)8(3)4/h7-8,16H,5-6H2,1-4H3. The van der Waals surface area contributed by atoms with Crippen LogP contribution in [0.2, 0.25) is 0 Å². The van der Waals surface area contributed by atoms with E-state index in [1.165, 1.54) is 0 Å². The molecule has 1 heterocycles. The number of hydrogen-bond acceptors (Lipinski definition) is 3. The van der Waals surface area contributed by atoms with Crippen LogP contribution in [0.4, 0.5) is 13.2 Å². The average Bonchev–Trinajstić information content (AvgIpc) is 2.60. The van der Waals surface area contributed by atoms with Gasteiger partial charge in [-0.25, -0.2) is 4.98 Å². The Hall–Kier alpha value is -0.620. The normalized spacial score (nSPS) is 12.7. The molecule has 0 radical (unpaired) electrons. The molecule has 2 nitrogen and oxygen atoms in total. The quantitative estimate of drug-likeness (QED) is 0.880. The molecule has 1 aromatic rings. The molecule has 0 aliphatic carbocycles. The first-order valence-electron chi connectivity index (χ1n) is 5.99. The summed E-state index contributed by atoms with van der Waals surface area (Å²) >= 11 is 1.15. The van der Waals surface area contributed by atoms with E-state index in [1.807, 2.05) is 27.7 Å². The molecule has 0 amide bonds. The largest absolute Gasteiger partial charge is 0.434 e. The van der Waals surface area contributed by atoms with Gasteiger partial charge in [-0.2, -0.15) is 13.2 Å². The van der Waals surface area contributed by atoms with Crippen LogP contribution >= 0.6 is 11.3 Å². The van der Waals surface area contributed by atoms with Crippen LogP contribution in [-0.2, 0) is 12.7 Å². The number of aromatic nitrogens is 1. The maximum absolute atomic E-state index is 12.8. The van der Waals surface area contributed by atoms with Crippen LogP contribution in [0.1, 0.15) is 49.2 Å². The first-order valence-corrected chi connectivity index (χ1v) is 6.81. The van der Waals surface area contributed by atoms with Gasteiger partial charge in [-0.3, -0.25) is 0 Å². The van der Waals surface area contributed by atoms with Gasteiger partial charge in [0.15, 0.2) is 5.69 Å². The molecule has 0 aliphatic rings. The Morgan fingerprint density at radius 1 is 1.22 bits per heavy atom. The van der Waals surface area contributed by atoms with Crippen molar-refractivity contribution in [2.24, 2.45) is 5.92 Å². The van der Waals surface area contributed by atoms with E-state index in [9.17, 15) is 13.2 Å². The molecule has 0 unspecified atom stereocenters. The summed E-state index contributed by atoms with van der Waals surface area (Å²) in [5.74, 6) is 0.437. The number of halogens is 3. The van der Waals surface area contributed by atoms with E-state index in [4.69, 9.17) is 0 Å². The summed E-state index contributed by atoms with van der Waals surface area (Å²) in [6.07, 6.45) is -4.36. The molecule has 18 heavy (non-hydrogen) atoms. The third-order valence-corrected chi connectivity index (χ3v) is 3.67. The molecule has 0 saturated carbocycles. The predicted octanol–water partition coefficient (Wildman–Crippen LogP) is 4.03. The Bertz CT molecular complexity index is 383. The molecule has 1 rings (SSSR count). The van der Waals surface area contributed by atoms with Crippen LogP contribution in [0, 0.1) is 5.92 Å². The Balaban J connectivity index is 2.87. The molecular formula is C12H19F3N2S. The van der Waals surface area contributed by atoms with Crippen molar-refractivity contribution in [3.8, 4) is 0 Å². The number of alkyl halides is 3. The smallest absolute Gasteiger partial charge is 0.312 e. The summed E-state index contributed by atoms with van der Waals surface area (Å²) in [5.41, 5.74) is -0.729. The summed E-state index contributed by atoms with van der Waals surface area (Å²) in [7, 11) is 0. The Morgan fingerprint density at radius 2 is 1.83 bits per heavy atom. The summed E-state index contributed by atoms with van der Waals surface area (Å²) in [4.78, 5) is 4.02. The van der Waals surface area contributed by atoms with Crippen LogP contribution in [-0.4, -0.2) is 11.5 Å². The zero-order chi connectivity index (χ0) is 13.9. The summed E-state index contributed by atoms with van der Waals surface area (Å²) in [6, 6.07) is 0. The maximum atomic E-state index is 12.8. The lowest BCUT2D eigenvalue weighted by atomic mass is 10.2. The minimum atomic E-state index is -4.36. The molecule has 0 aliphatic heterocycles. The van der Waals surface area contributed by atoms with E-state index in [2.05, 4.69) is 10.3 Å². The fraction of sp³-hybridized carbons (Fsp3) is 0.750. The van der Waals surface area contributed by atoms with E-state index in [-0.39, 0.29) is 17.3 Å². The molecule has 1 N–H and O–H groups in total. The van der Waals surface area contributed by atoms with Gasteiger partial charge >= 0.3 is 6.18 Å². The fourth-order valence-corrected chi connectivity index (χ4v) is 2.49. The molecule has 6 heteroatoms. The van der Waals surface area contributed by atoms with Gasteiger partial charge in [-0.1, -0.05) is 27.7 Å². The third-order valence-electron chi connectivity index (χ3n) is 2.31. The lowest BCUT2D eigenvalue weighted by Gasteiger charge is -2.08. The lowest BCUT2D eigenvalue weighted by molar-refractivity contribution is -0.141. The van der Waals surface area contributed by atoms with E-state index < -0.39 is 11.9 Å². The number of thiazole rings is 1. The molecule has 0 saturated heterocycles. The maximum Gasteiger partial charge on any atom is 0.434 e. The second-order valence-corrected chi connectivity index (χ2v) is 6.12. The highest BCUT2D eigenvalue weighted by Gasteiger charge is 2.37. The van der Waals surface area contributed by atoms with Gasteiger partial charge in [0.25, 0.3) is 0 Å². The lowest BCUT2D eigenvalue weighted by Crippen LogP contribution is -2.20. The van der Waals surface area contributed by atoms with Crippen LogP contribution in [0.25, 0.3) is 0 Å². The molecule has 0 atom stereocenters. The highest BCUT2D eigenvalue weighted by molar-refractivity contribution is 7.11. The topological polar surface area (TPSA) is 24.9 Å². The summed E-state index contributed by atoms with van der Waals surface area (Å²) in [5, 5.41) is 3.58. The zero-order valence-corrected chi connectivity index (χ0v) is 11.9. The van der Waals surface area contributed by atoms with E-state index in [0.717, 1.165) is 11.3 Å². The van der Waals surface area contributed by atoms with Crippen molar-refractivity contribution in [2.75, 3.05) is 6.54 Å². The highest BCUT2D eigenvalue weighted by atomic mass is 32.1. The van der Waals surface area contributed by atoms with Gasteiger partial charge < -0.3 is 5.32 Å². The first-order chi connectivity index (χ1) is 8.21. The van der Waals surface area contributed by atoms with Crippen molar-refractivity contribution in [3.05, 3.63) is 15.6 Å². The monoisotopic (exact) mass is 280 g/mol. The van der Waals surface area contributed by atoms with E-state index >= 15 is 0 Å². The number of nitrogens with zero attached hydrogens (tertiary/aromatic N) is 1. The van der Waals surface area contributed by atoms with Crippen molar-refractivity contribution in [3.63, 3.8) is 0 Å². The van der Waals surface area contributed by atoms with Crippen LogP contribution in [0.5, 0.6) is 0 Å². The van der Waals surface area contributed by atoms with Gasteiger partial charge in [0.05, 0.1) is 9.88 Å². The van der Waals surface area contributed by atoms with Gasteiger partial charge in [0, 0.05) is 12.5 Å². The van der Waals surface area contributed by atoms with Crippen molar-refractivity contribution < 1.29 is 13.2 Å². The number of hydrogen-bond donors (Lipinski definition) is 1. The summed E-state index contributed by atoms with van der Waals surface area (Å²) in [6.45, 7) is 8.67.